The summed E-state index contributed by atoms with van der Waals surface area (Å²) < 4.78 is 38.8. The van der Waals surface area contributed by atoms with Crippen molar-refractivity contribution in [2.75, 3.05) is 11.9 Å². The second kappa shape index (κ2) is 6.48. The van der Waals surface area contributed by atoms with Crippen molar-refractivity contribution in [1.82, 2.24) is 9.97 Å². The molecule has 0 saturated carbocycles. The third-order valence-electron chi connectivity index (χ3n) is 2.77. The molecule has 0 unspecified atom stereocenters. The van der Waals surface area contributed by atoms with Crippen LogP contribution in [0.15, 0.2) is 30.3 Å². The molecule has 2 rings (SSSR count). The standard InChI is InChI=1S/C13H9F3N4O4/c14-13(15,16)10-5-9(18-12(19-10)17-6-11(21)22)7-2-1-3-8(4-7)20(23)24/h1-5H,6H2,(H,21,22)(H,17,18,19). The number of hydrogen-bond donors (Lipinski definition) is 2. The Morgan fingerprint density at radius 1 is 1.29 bits per heavy atom. The Balaban J connectivity index is 2.52. The molecular formula is C13H9F3N4O4. The van der Waals surface area contributed by atoms with Crippen LogP contribution in [0.4, 0.5) is 24.8 Å². The number of carbonyl (C=O) groups is 1. The van der Waals surface area contributed by atoms with Crippen molar-refractivity contribution in [3.05, 3.63) is 46.1 Å². The van der Waals surface area contributed by atoms with E-state index in [1.165, 1.54) is 18.2 Å². The predicted octanol–water partition coefficient (Wildman–Crippen LogP) is 2.57. The minimum absolute atomic E-state index is 0.0653. The molecule has 11 heteroatoms. The summed E-state index contributed by atoms with van der Waals surface area (Å²) in [5.41, 5.74) is -1.78. The van der Waals surface area contributed by atoms with Crippen LogP contribution in [0.2, 0.25) is 0 Å². The average Bonchev–Trinajstić information content (AvgIpc) is 2.52. The van der Waals surface area contributed by atoms with Gasteiger partial charge in [0, 0.05) is 17.7 Å². The van der Waals surface area contributed by atoms with Crippen LogP contribution in [0.1, 0.15) is 5.69 Å². The molecule has 0 saturated heterocycles. The Labute approximate surface area is 132 Å². The van der Waals surface area contributed by atoms with E-state index < -0.39 is 35.3 Å². The molecule has 24 heavy (non-hydrogen) atoms. The number of hydrogen-bond acceptors (Lipinski definition) is 6. The highest BCUT2D eigenvalue weighted by atomic mass is 19.4. The zero-order chi connectivity index (χ0) is 17.9. The lowest BCUT2D eigenvalue weighted by Crippen LogP contribution is -2.17. The molecule has 2 aromatic rings. The number of carboxylic acids is 1. The average molecular weight is 342 g/mol. The van der Waals surface area contributed by atoms with E-state index in [2.05, 4.69) is 15.3 Å². The van der Waals surface area contributed by atoms with Gasteiger partial charge in [0.2, 0.25) is 5.95 Å². The van der Waals surface area contributed by atoms with Crippen LogP contribution >= 0.6 is 0 Å². The van der Waals surface area contributed by atoms with E-state index in [0.717, 1.165) is 6.07 Å². The van der Waals surface area contributed by atoms with Gasteiger partial charge >= 0.3 is 12.1 Å². The maximum absolute atomic E-state index is 12.9. The normalized spacial score (nSPS) is 11.1. The van der Waals surface area contributed by atoms with Crippen LogP contribution in [-0.4, -0.2) is 32.5 Å². The van der Waals surface area contributed by atoms with Gasteiger partial charge < -0.3 is 10.4 Å². The lowest BCUT2D eigenvalue weighted by atomic mass is 10.1. The summed E-state index contributed by atoms with van der Waals surface area (Å²) in [5.74, 6) is -1.86. The summed E-state index contributed by atoms with van der Waals surface area (Å²) in [7, 11) is 0. The van der Waals surface area contributed by atoms with E-state index in [0.29, 0.717) is 6.07 Å². The van der Waals surface area contributed by atoms with Crippen molar-refractivity contribution in [2.24, 2.45) is 0 Å². The minimum Gasteiger partial charge on any atom is -0.480 e. The molecule has 1 aromatic carbocycles. The number of aliphatic carboxylic acids is 1. The molecular weight excluding hydrogens is 333 g/mol. The molecule has 0 aliphatic rings. The molecule has 0 bridgehead atoms. The number of benzene rings is 1. The topological polar surface area (TPSA) is 118 Å². The molecule has 1 aromatic heterocycles. The first-order valence-electron chi connectivity index (χ1n) is 6.33. The van der Waals surface area contributed by atoms with Crippen molar-refractivity contribution >= 4 is 17.6 Å². The lowest BCUT2D eigenvalue weighted by molar-refractivity contribution is -0.384. The van der Waals surface area contributed by atoms with Crippen LogP contribution in [0.3, 0.4) is 0 Å². The van der Waals surface area contributed by atoms with E-state index >= 15 is 0 Å². The Morgan fingerprint density at radius 2 is 2.00 bits per heavy atom. The monoisotopic (exact) mass is 342 g/mol. The van der Waals surface area contributed by atoms with Crippen LogP contribution in [-0.2, 0) is 11.0 Å². The van der Waals surface area contributed by atoms with Gasteiger partial charge in [-0.15, -0.1) is 0 Å². The molecule has 8 nitrogen and oxygen atoms in total. The van der Waals surface area contributed by atoms with E-state index in [4.69, 9.17) is 5.11 Å². The van der Waals surface area contributed by atoms with Crippen LogP contribution in [0, 0.1) is 10.1 Å². The summed E-state index contributed by atoms with van der Waals surface area (Å²) in [6, 6.07) is 5.51. The first-order valence-corrected chi connectivity index (χ1v) is 6.33. The number of alkyl halides is 3. The molecule has 126 valence electrons. The molecule has 0 atom stereocenters. The Bertz CT molecular complexity index is 795. The van der Waals surface area contributed by atoms with Gasteiger partial charge in [-0.05, 0) is 6.07 Å². The summed E-state index contributed by atoms with van der Waals surface area (Å²) in [4.78, 5) is 27.6. The number of rotatable bonds is 5. The van der Waals surface area contributed by atoms with Crippen molar-refractivity contribution in [3.63, 3.8) is 0 Å². The molecule has 0 aliphatic heterocycles. The largest absolute Gasteiger partial charge is 0.480 e. The van der Waals surface area contributed by atoms with Crippen molar-refractivity contribution < 1.29 is 28.0 Å². The summed E-state index contributed by atoms with van der Waals surface area (Å²) in [6.45, 7) is -0.685. The van der Waals surface area contributed by atoms with E-state index in [1.54, 1.807) is 0 Å². The van der Waals surface area contributed by atoms with Gasteiger partial charge in [0.25, 0.3) is 5.69 Å². The summed E-state index contributed by atoms with van der Waals surface area (Å²) in [6.07, 6.45) is -4.79. The van der Waals surface area contributed by atoms with Crippen molar-refractivity contribution in [2.45, 2.75) is 6.18 Å². The van der Waals surface area contributed by atoms with Crippen LogP contribution in [0.5, 0.6) is 0 Å². The quantitative estimate of drug-likeness (QED) is 0.633. The molecule has 0 aliphatic carbocycles. The van der Waals surface area contributed by atoms with Crippen molar-refractivity contribution in [3.8, 4) is 11.3 Å². The van der Waals surface area contributed by atoms with Gasteiger partial charge in [-0.1, -0.05) is 12.1 Å². The number of nitro benzene ring substituents is 1. The third kappa shape index (κ3) is 4.15. The number of nitrogens with zero attached hydrogens (tertiary/aromatic N) is 3. The van der Waals surface area contributed by atoms with Gasteiger partial charge in [0.15, 0.2) is 5.69 Å². The Hall–Kier alpha value is -3.24. The molecule has 2 N–H and O–H groups in total. The Kier molecular flexibility index (Phi) is 4.62. The summed E-state index contributed by atoms with van der Waals surface area (Å²) >= 11 is 0. The lowest BCUT2D eigenvalue weighted by Gasteiger charge is -2.11. The predicted molar refractivity (Wildman–Crippen MR) is 75.2 cm³/mol. The molecule has 0 amide bonds. The SMILES string of the molecule is O=C(O)CNc1nc(-c2cccc([N+](=O)[O-])c2)cc(C(F)(F)F)n1. The molecule has 1 heterocycles. The number of nitrogens with one attached hydrogen (secondary N) is 1. The van der Waals surface area contributed by atoms with E-state index in [1.807, 2.05) is 0 Å². The van der Waals surface area contributed by atoms with Crippen LogP contribution in [0.25, 0.3) is 11.3 Å². The van der Waals surface area contributed by atoms with E-state index in [-0.39, 0.29) is 16.9 Å². The highest BCUT2D eigenvalue weighted by molar-refractivity contribution is 5.72. The number of anilines is 1. The minimum atomic E-state index is -4.79. The van der Waals surface area contributed by atoms with Gasteiger partial charge in [-0.25, -0.2) is 9.97 Å². The number of aromatic nitrogens is 2. The van der Waals surface area contributed by atoms with Gasteiger partial charge in [0.1, 0.15) is 6.54 Å². The molecule has 0 radical (unpaired) electrons. The molecule has 0 spiro atoms. The Morgan fingerprint density at radius 3 is 2.58 bits per heavy atom. The number of nitro groups is 1. The zero-order valence-corrected chi connectivity index (χ0v) is 11.7. The zero-order valence-electron chi connectivity index (χ0n) is 11.7. The second-order valence-electron chi connectivity index (χ2n) is 4.51. The maximum Gasteiger partial charge on any atom is 0.433 e. The number of carboxylic acid groups (broad SMARTS) is 1. The first kappa shape index (κ1) is 17.1. The van der Waals surface area contributed by atoms with Crippen LogP contribution < -0.4 is 5.32 Å². The smallest absolute Gasteiger partial charge is 0.433 e. The molecule has 0 fully saturated rings. The summed E-state index contributed by atoms with van der Waals surface area (Å²) in [5, 5.41) is 21.5. The van der Waals surface area contributed by atoms with Gasteiger partial charge in [0.05, 0.1) is 10.6 Å². The fourth-order valence-corrected chi connectivity index (χ4v) is 1.75. The highest BCUT2D eigenvalue weighted by Crippen LogP contribution is 2.31. The van der Waals surface area contributed by atoms with Gasteiger partial charge in [-0.3, -0.25) is 14.9 Å². The number of non-ortho nitro benzene ring substituents is 1. The third-order valence-corrected chi connectivity index (χ3v) is 2.77. The second-order valence-corrected chi connectivity index (χ2v) is 4.51. The van der Waals surface area contributed by atoms with Gasteiger partial charge in [-0.2, -0.15) is 13.2 Å². The van der Waals surface area contributed by atoms with E-state index in [9.17, 15) is 28.1 Å². The first-order chi connectivity index (χ1) is 11.2. The highest BCUT2D eigenvalue weighted by Gasteiger charge is 2.34. The number of halogens is 3. The van der Waals surface area contributed by atoms with Crippen molar-refractivity contribution in [1.29, 1.82) is 0 Å². The maximum atomic E-state index is 12.9. The fraction of sp³-hybridized carbons (Fsp3) is 0.154. The fourth-order valence-electron chi connectivity index (χ4n) is 1.75.